The van der Waals surface area contributed by atoms with Crippen LogP contribution >= 0.6 is 11.6 Å². The second-order valence-electron chi connectivity index (χ2n) is 6.43. The number of sulfonamides is 1. The number of halogens is 1. The molecule has 1 aliphatic rings. The Morgan fingerprint density at radius 1 is 1.11 bits per heavy atom. The van der Waals surface area contributed by atoms with E-state index in [4.69, 9.17) is 16.3 Å². The fraction of sp³-hybridized carbons (Fsp3) is 0.316. The van der Waals surface area contributed by atoms with E-state index in [0.29, 0.717) is 16.3 Å². The molecule has 8 heteroatoms. The van der Waals surface area contributed by atoms with Crippen LogP contribution in [0.1, 0.15) is 36.0 Å². The maximum Gasteiger partial charge on any atom is 0.255 e. The number of hydrogen-bond donors (Lipinski definition) is 2. The summed E-state index contributed by atoms with van der Waals surface area (Å²) in [6, 6.07) is 10.8. The van der Waals surface area contributed by atoms with Gasteiger partial charge in [0, 0.05) is 16.6 Å². The zero-order valence-electron chi connectivity index (χ0n) is 14.9. The van der Waals surface area contributed by atoms with Gasteiger partial charge in [-0.1, -0.05) is 24.4 Å². The van der Waals surface area contributed by atoms with E-state index in [1.54, 1.807) is 24.3 Å². The first-order chi connectivity index (χ1) is 12.9. The van der Waals surface area contributed by atoms with Crippen LogP contribution in [-0.2, 0) is 10.0 Å². The number of methoxy groups -OCH3 is 1. The van der Waals surface area contributed by atoms with Crippen LogP contribution in [0, 0.1) is 0 Å². The first kappa shape index (κ1) is 19.7. The summed E-state index contributed by atoms with van der Waals surface area (Å²) in [6.07, 6.45) is 3.74. The third kappa shape index (κ3) is 4.80. The van der Waals surface area contributed by atoms with Gasteiger partial charge in [0.15, 0.2) is 0 Å². The first-order valence-corrected chi connectivity index (χ1v) is 10.5. The van der Waals surface area contributed by atoms with Gasteiger partial charge >= 0.3 is 0 Å². The van der Waals surface area contributed by atoms with E-state index in [1.165, 1.54) is 25.3 Å². The molecule has 0 spiro atoms. The third-order valence-electron chi connectivity index (χ3n) is 4.51. The van der Waals surface area contributed by atoms with E-state index < -0.39 is 10.0 Å². The zero-order valence-corrected chi connectivity index (χ0v) is 16.4. The molecule has 1 amide bonds. The van der Waals surface area contributed by atoms with Crippen LogP contribution in [0.15, 0.2) is 47.4 Å². The van der Waals surface area contributed by atoms with Crippen LogP contribution in [0.2, 0.25) is 5.02 Å². The van der Waals surface area contributed by atoms with Gasteiger partial charge in [-0.15, -0.1) is 0 Å². The summed E-state index contributed by atoms with van der Waals surface area (Å²) >= 11 is 5.84. The van der Waals surface area contributed by atoms with Crippen molar-refractivity contribution < 1.29 is 17.9 Å². The Balaban J connectivity index is 1.84. The minimum atomic E-state index is -3.67. The van der Waals surface area contributed by atoms with Gasteiger partial charge in [0.25, 0.3) is 5.91 Å². The van der Waals surface area contributed by atoms with Crippen molar-refractivity contribution in [3.05, 3.63) is 53.1 Å². The first-order valence-electron chi connectivity index (χ1n) is 8.66. The number of ether oxygens (including phenoxy) is 1. The van der Waals surface area contributed by atoms with Crippen LogP contribution < -0.4 is 14.8 Å². The highest BCUT2D eigenvalue weighted by molar-refractivity contribution is 7.89. The highest BCUT2D eigenvalue weighted by Gasteiger charge is 2.24. The predicted octanol–water partition coefficient (Wildman–Crippen LogP) is 3.82. The Hall–Kier alpha value is -2.09. The summed E-state index contributed by atoms with van der Waals surface area (Å²) in [5.74, 6) is -0.0135. The molecule has 6 nitrogen and oxygen atoms in total. The Kier molecular flexibility index (Phi) is 6.04. The standard InChI is InChI=1S/C19H21ClN2O4S/c1-26-18-11-10-16(27(24,25)22-15-4-2-3-5-15)12-17(18)21-19(23)13-6-8-14(20)9-7-13/h6-12,15,22H,2-5H2,1H3,(H,21,23). The lowest BCUT2D eigenvalue weighted by molar-refractivity contribution is 0.102. The number of rotatable bonds is 6. The van der Waals surface area contributed by atoms with Crippen LogP contribution in [-0.4, -0.2) is 27.5 Å². The second kappa shape index (κ2) is 8.29. The van der Waals surface area contributed by atoms with Gasteiger partial charge in [0.05, 0.1) is 17.7 Å². The van der Waals surface area contributed by atoms with Gasteiger partial charge in [-0.05, 0) is 55.3 Å². The van der Waals surface area contributed by atoms with E-state index in [-0.39, 0.29) is 22.5 Å². The Labute approximate surface area is 163 Å². The zero-order chi connectivity index (χ0) is 19.4. The number of amides is 1. The van der Waals surface area contributed by atoms with Crippen molar-refractivity contribution >= 4 is 33.2 Å². The van der Waals surface area contributed by atoms with E-state index >= 15 is 0 Å². The van der Waals surface area contributed by atoms with E-state index in [1.807, 2.05) is 0 Å². The molecule has 0 bridgehead atoms. The smallest absolute Gasteiger partial charge is 0.255 e. The van der Waals surface area contributed by atoms with Gasteiger partial charge in [-0.3, -0.25) is 4.79 Å². The van der Waals surface area contributed by atoms with Crippen LogP contribution in [0.4, 0.5) is 5.69 Å². The molecular formula is C19H21ClN2O4S. The monoisotopic (exact) mass is 408 g/mol. The molecule has 144 valence electrons. The maximum absolute atomic E-state index is 12.7. The molecule has 2 aromatic carbocycles. The Morgan fingerprint density at radius 3 is 2.41 bits per heavy atom. The molecule has 0 atom stereocenters. The number of benzene rings is 2. The van der Waals surface area contributed by atoms with Crippen LogP contribution in [0.3, 0.4) is 0 Å². The molecule has 27 heavy (non-hydrogen) atoms. The van der Waals surface area contributed by atoms with E-state index in [9.17, 15) is 13.2 Å². The van der Waals surface area contributed by atoms with Gasteiger partial charge in [0.1, 0.15) is 5.75 Å². The van der Waals surface area contributed by atoms with E-state index in [0.717, 1.165) is 25.7 Å². The lowest BCUT2D eigenvalue weighted by atomic mass is 10.2. The number of hydrogen-bond acceptors (Lipinski definition) is 4. The normalized spacial score (nSPS) is 14.9. The molecule has 1 fully saturated rings. The quantitative estimate of drug-likeness (QED) is 0.760. The molecule has 3 rings (SSSR count). The summed E-state index contributed by atoms with van der Waals surface area (Å²) < 4.78 is 33.3. The summed E-state index contributed by atoms with van der Waals surface area (Å²) in [4.78, 5) is 12.5. The van der Waals surface area contributed by atoms with Crippen molar-refractivity contribution in [1.82, 2.24) is 4.72 Å². The highest BCUT2D eigenvalue weighted by atomic mass is 35.5. The average molecular weight is 409 g/mol. The number of anilines is 1. The van der Waals surface area contributed by atoms with Gasteiger partial charge < -0.3 is 10.1 Å². The minimum absolute atomic E-state index is 0.0378. The molecule has 0 aliphatic heterocycles. The van der Waals surface area contributed by atoms with Crippen LogP contribution in [0.5, 0.6) is 5.75 Å². The third-order valence-corrected chi connectivity index (χ3v) is 6.28. The van der Waals surface area contributed by atoms with Crippen molar-refractivity contribution in [2.45, 2.75) is 36.6 Å². The summed E-state index contributed by atoms with van der Waals surface area (Å²) in [6.45, 7) is 0. The molecule has 0 aromatic heterocycles. The van der Waals surface area contributed by atoms with Crippen molar-refractivity contribution in [2.24, 2.45) is 0 Å². The fourth-order valence-electron chi connectivity index (χ4n) is 3.08. The molecule has 0 saturated heterocycles. The molecule has 0 radical (unpaired) electrons. The number of nitrogens with one attached hydrogen (secondary N) is 2. The van der Waals surface area contributed by atoms with Crippen molar-refractivity contribution in [3.8, 4) is 5.75 Å². The van der Waals surface area contributed by atoms with Gasteiger partial charge in [-0.25, -0.2) is 13.1 Å². The number of carbonyl (C=O) groups excluding carboxylic acids is 1. The molecule has 2 aromatic rings. The maximum atomic E-state index is 12.7. The molecule has 1 saturated carbocycles. The van der Waals surface area contributed by atoms with E-state index in [2.05, 4.69) is 10.0 Å². The SMILES string of the molecule is COc1ccc(S(=O)(=O)NC2CCCC2)cc1NC(=O)c1ccc(Cl)cc1. The lowest BCUT2D eigenvalue weighted by Crippen LogP contribution is -2.32. The highest BCUT2D eigenvalue weighted by Crippen LogP contribution is 2.29. The molecule has 2 N–H and O–H groups in total. The number of carbonyl (C=O) groups is 1. The fourth-order valence-corrected chi connectivity index (χ4v) is 4.54. The molecule has 0 unspecified atom stereocenters. The summed E-state index contributed by atoms with van der Waals surface area (Å²) in [5.41, 5.74) is 0.686. The largest absolute Gasteiger partial charge is 0.495 e. The second-order valence-corrected chi connectivity index (χ2v) is 8.58. The van der Waals surface area contributed by atoms with Crippen LogP contribution in [0.25, 0.3) is 0 Å². The molecule has 1 aliphatic carbocycles. The molecular weight excluding hydrogens is 388 g/mol. The summed E-state index contributed by atoms with van der Waals surface area (Å²) in [7, 11) is -2.21. The minimum Gasteiger partial charge on any atom is -0.495 e. The average Bonchev–Trinajstić information content (AvgIpc) is 3.14. The van der Waals surface area contributed by atoms with Gasteiger partial charge in [0.2, 0.25) is 10.0 Å². The Bertz CT molecular complexity index is 923. The topological polar surface area (TPSA) is 84.5 Å². The lowest BCUT2D eigenvalue weighted by Gasteiger charge is -2.15. The van der Waals surface area contributed by atoms with Gasteiger partial charge in [-0.2, -0.15) is 0 Å². The van der Waals surface area contributed by atoms with Crippen molar-refractivity contribution in [1.29, 1.82) is 0 Å². The molecule has 0 heterocycles. The predicted molar refractivity (Wildman–Crippen MR) is 105 cm³/mol. The van der Waals surface area contributed by atoms with Crippen molar-refractivity contribution in [3.63, 3.8) is 0 Å². The van der Waals surface area contributed by atoms with Crippen molar-refractivity contribution in [2.75, 3.05) is 12.4 Å². The Morgan fingerprint density at radius 2 is 1.78 bits per heavy atom. The summed E-state index contributed by atoms with van der Waals surface area (Å²) in [5, 5.41) is 3.23.